The summed E-state index contributed by atoms with van der Waals surface area (Å²) in [4.78, 5) is 0. The molecule has 0 radical (unpaired) electrons. The Balaban J connectivity index is 2.22. The lowest BCUT2D eigenvalue weighted by Crippen LogP contribution is -2.38. The van der Waals surface area contributed by atoms with E-state index in [1.54, 1.807) is 7.11 Å². The summed E-state index contributed by atoms with van der Waals surface area (Å²) < 4.78 is 6.52. The van der Waals surface area contributed by atoms with Crippen LogP contribution in [0.4, 0.5) is 0 Å². The fourth-order valence-electron chi connectivity index (χ4n) is 2.41. The Labute approximate surface area is 106 Å². The molecule has 1 saturated heterocycles. The van der Waals surface area contributed by atoms with E-state index in [4.69, 9.17) is 4.74 Å². The first kappa shape index (κ1) is 11.9. The highest BCUT2D eigenvalue weighted by Gasteiger charge is 2.29. The second-order valence-corrected chi connectivity index (χ2v) is 5.64. The van der Waals surface area contributed by atoms with Gasteiger partial charge in [0.25, 0.3) is 0 Å². The fraction of sp³-hybridized carbons (Fsp3) is 0.538. The SMILES string of the molecule is COc1ccc(Br)cc1CC1(C)CCCN1. The summed E-state index contributed by atoms with van der Waals surface area (Å²) in [5, 5.41) is 3.58. The van der Waals surface area contributed by atoms with E-state index in [0.717, 1.165) is 23.2 Å². The first-order valence-corrected chi connectivity index (χ1v) is 6.50. The van der Waals surface area contributed by atoms with Crippen molar-refractivity contribution in [2.45, 2.75) is 31.7 Å². The molecule has 2 rings (SSSR count). The molecule has 1 N–H and O–H groups in total. The number of nitrogens with one attached hydrogen (secondary N) is 1. The van der Waals surface area contributed by atoms with Crippen molar-refractivity contribution in [1.82, 2.24) is 5.32 Å². The molecule has 0 aromatic heterocycles. The van der Waals surface area contributed by atoms with Crippen molar-refractivity contribution < 1.29 is 4.74 Å². The van der Waals surface area contributed by atoms with E-state index in [-0.39, 0.29) is 5.54 Å². The highest BCUT2D eigenvalue weighted by atomic mass is 79.9. The molecule has 1 aliphatic rings. The molecular formula is C13H18BrNO. The molecule has 1 atom stereocenters. The normalized spacial score (nSPS) is 24.7. The zero-order valence-corrected chi connectivity index (χ0v) is 11.4. The van der Waals surface area contributed by atoms with Gasteiger partial charge < -0.3 is 10.1 Å². The summed E-state index contributed by atoms with van der Waals surface area (Å²) in [5.41, 5.74) is 1.50. The Bertz CT molecular complexity index is 372. The molecule has 1 unspecified atom stereocenters. The van der Waals surface area contributed by atoms with Crippen LogP contribution >= 0.6 is 15.9 Å². The van der Waals surface area contributed by atoms with Gasteiger partial charge in [0.1, 0.15) is 5.75 Å². The highest BCUT2D eigenvalue weighted by molar-refractivity contribution is 9.10. The monoisotopic (exact) mass is 283 g/mol. The van der Waals surface area contributed by atoms with Crippen LogP contribution in [0.5, 0.6) is 5.75 Å². The van der Waals surface area contributed by atoms with Crippen molar-refractivity contribution in [1.29, 1.82) is 0 Å². The Kier molecular flexibility index (Phi) is 3.55. The van der Waals surface area contributed by atoms with Crippen LogP contribution in [-0.4, -0.2) is 19.2 Å². The van der Waals surface area contributed by atoms with E-state index >= 15 is 0 Å². The van der Waals surface area contributed by atoms with E-state index in [2.05, 4.69) is 34.2 Å². The Hall–Kier alpha value is -0.540. The summed E-state index contributed by atoms with van der Waals surface area (Å²) in [6.45, 7) is 3.42. The van der Waals surface area contributed by atoms with E-state index in [1.807, 2.05) is 12.1 Å². The largest absolute Gasteiger partial charge is 0.496 e. The quantitative estimate of drug-likeness (QED) is 0.920. The lowest BCUT2D eigenvalue weighted by molar-refractivity contribution is 0.382. The van der Waals surface area contributed by atoms with E-state index in [9.17, 15) is 0 Å². The van der Waals surface area contributed by atoms with E-state index < -0.39 is 0 Å². The highest BCUT2D eigenvalue weighted by Crippen LogP contribution is 2.30. The Morgan fingerprint density at radius 2 is 2.31 bits per heavy atom. The molecule has 1 aliphatic heterocycles. The van der Waals surface area contributed by atoms with Crippen LogP contribution < -0.4 is 10.1 Å². The van der Waals surface area contributed by atoms with E-state index in [1.165, 1.54) is 18.4 Å². The maximum Gasteiger partial charge on any atom is 0.122 e. The van der Waals surface area contributed by atoms with Gasteiger partial charge in [-0.05, 0) is 56.5 Å². The van der Waals surface area contributed by atoms with Crippen LogP contribution in [0.3, 0.4) is 0 Å². The second kappa shape index (κ2) is 4.76. The predicted molar refractivity (Wildman–Crippen MR) is 70.0 cm³/mol. The lowest BCUT2D eigenvalue weighted by Gasteiger charge is -2.25. The summed E-state index contributed by atoms with van der Waals surface area (Å²) in [7, 11) is 1.73. The summed E-state index contributed by atoms with van der Waals surface area (Å²) in [5.74, 6) is 0.984. The third-order valence-electron chi connectivity index (χ3n) is 3.28. The summed E-state index contributed by atoms with van der Waals surface area (Å²) in [6.07, 6.45) is 3.53. The van der Waals surface area contributed by atoms with Crippen LogP contribution in [-0.2, 0) is 6.42 Å². The van der Waals surface area contributed by atoms with Gasteiger partial charge in [0.2, 0.25) is 0 Å². The van der Waals surface area contributed by atoms with Gasteiger partial charge in [0.15, 0.2) is 0 Å². The average Bonchev–Trinajstić information content (AvgIpc) is 2.65. The predicted octanol–water partition coefficient (Wildman–Crippen LogP) is 3.14. The van der Waals surface area contributed by atoms with Gasteiger partial charge in [0, 0.05) is 10.0 Å². The number of ether oxygens (including phenoxy) is 1. The van der Waals surface area contributed by atoms with Crippen LogP contribution in [0.2, 0.25) is 0 Å². The van der Waals surface area contributed by atoms with Gasteiger partial charge in [0.05, 0.1) is 7.11 Å². The minimum atomic E-state index is 0.230. The molecule has 2 nitrogen and oxygen atoms in total. The number of rotatable bonds is 3. The van der Waals surface area contributed by atoms with Crippen molar-refractivity contribution >= 4 is 15.9 Å². The third kappa shape index (κ3) is 2.58. The minimum Gasteiger partial charge on any atom is -0.496 e. The summed E-state index contributed by atoms with van der Waals surface area (Å²) in [6, 6.07) is 6.20. The molecule has 1 aromatic carbocycles. The average molecular weight is 284 g/mol. The number of benzene rings is 1. The van der Waals surface area contributed by atoms with Crippen LogP contribution in [0.1, 0.15) is 25.3 Å². The van der Waals surface area contributed by atoms with Crippen LogP contribution in [0.25, 0.3) is 0 Å². The van der Waals surface area contributed by atoms with Gasteiger partial charge >= 0.3 is 0 Å². The first-order chi connectivity index (χ1) is 7.63. The second-order valence-electron chi connectivity index (χ2n) is 4.72. The van der Waals surface area contributed by atoms with Crippen LogP contribution in [0, 0.1) is 0 Å². The molecule has 3 heteroatoms. The van der Waals surface area contributed by atoms with Crippen LogP contribution in [0.15, 0.2) is 22.7 Å². The molecule has 0 aliphatic carbocycles. The van der Waals surface area contributed by atoms with Crippen molar-refractivity contribution in [3.8, 4) is 5.75 Å². The van der Waals surface area contributed by atoms with Gasteiger partial charge in [-0.1, -0.05) is 15.9 Å². The fourth-order valence-corrected chi connectivity index (χ4v) is 2.82. The van der Waals surface area contributed by atoms with Crippen molar-refractivity contribution in [2.75, 3.05) is 13.7 Å². The molecular weight excluding hydrogens is 266 g/mol. The number of hydrogen-bond acceptors (Lipinski definition) is 2. The first-order valence-electron chi connectivity index (χ1n) is 5.70. The van der Waals surface area contributed by atoms with Crippen molar-refractivity contribution in [3.63, 3.8) is 0 Å². The van der Waals surface area contributed by atoms with Crippen molar-refractivity contribution in [3.05, 3.63) is 28.2 Å². The molecule has 88 valence electrons. The number of hydrogen-bond donors (Lipinski definition) is 1. The van der Waals surface area contributed by atoms with Crippen molar-refractivity contribution in [2.24, 2.45) is 0 Å². The standard InChI is InChI=1S/C13H18BrNO/c1-13(6-3-7-15-13)9-10-8-11(14)4-5-12(10)16-2/h4-5,8,15H,3,6-7,9H2,1-2H3. The minimum absolute atomic E-state index is 0.230. The molecule has 1 aromatic rings. The topological polar surface area (TPSA) is 21.3 Å². The maximum absolute atomic E-state index is 5.41. The Morgan fingerprint density at radius 3 is 2.94 bits per heavy atom. The van der Waals surface area contributed by atoms with Gasteiger partial charge in [-0.3, -0.25) is 0 Å². The van der Waals surface area contributed by atoms with Gasteiger partial charge in [-0.25, -0.2) is 0 Å². The molecule has 0 amide bonds. The zero-order valence-electron chi connectivity index (χ0n) is 9.85. The third-order valence-corrected chi connectivity index (χ3v) is 3.77. The summed E-state index contributed by atoms with van der Waals surface area (Å²) >= 11 is 3.52. The van der Waals surface area contributed by atoms with Gasteiger partial charge in [-0.2, -0.15) is 0 Å². The number of halogens is 1. The van der Waals surface area contributed by atoms with E-state index in [0.29, 0.717) is 0 Å². The smallest absolute Gasteiger partial charge is 0.122 e. The number of methoxy groups -OCH3 is 1. The molecule has 16 heavy (non-hydrogen) atoms. The molecule has 0 saturated carbocycles. The zero-order chi connectivity index (χ0) is 11.6. The molecule has 1 heterocycles. The molecule has 0 bridgehead atoms. The molecule has 0 spiro atoms. The Morgan fingerprint density at radius 1 is 1.50 bits per heavy atom. The van der Waals surface area contributed by atoms with Gasteiger partial charge in [-0.15, -0.1) is 0 Å². The lowest BCUT2D eigenvalue weighted by atomic mass is 9.91. The molecule has 1 fully saturated rings. The maximum atomic E-state index is 5.41.